The van der Waals surface area contributed by atoms with Crippen molar-refractivity contribution < 1.29 is 4.74 Å². The quantitative estimate of drug-likeness (QED) is 0.837. The highest BCUT2D eigenvalue weighted by Crippen LogP contribution is 2.31. The van der Waals surface area contributed by atoms with E-state index in [4.69, 9.17) is 22.1 Å². The molecule has 0 aromatic heterocycles. The van der Waals surface area contributed by atoms with Crippen LogP contribution in [-0.4, -0.2) is 13.2 Å². The highest BCUT2D eigenvalue weighted by molar-refractivity contribution is 6.30. The summed E-state index contributed by atoms with van der Waals surface area (Å²) >= 11 is 5.92. The molecule has 1 aromatic carbocycles. The van der Waals surface area contributed by atoms with Gasteiger partial charge in [0.15, 0.2) is 0 Å². The molecular weight excluding hydrogens is 210 g/mol. The zero-order valence-electron chi connectivity index (χ0n) is 8.66. The van der Waals surface area contributed by atoms with Gasteiger partial charge in [0, 0.05) is 11.6 Å². The minimum atomic E-state index is -0.00991. The summed E-state index contributed by atoms with van der Waals surface area (Å²) < 4.78 is 5.77. The Bertz CT molecular complexity index is 325. The van der Waals surface area contributed by atoms with Crippen molar-refractivity contribution in [2.75, 3.05) is 13.2 Å². The van der Waals surface area contributed by atoms with Crippen LogP contribution in [0.3, 0.4) is 0 Å². The molecule has 0 aliphatic heterocycles. The third kappa shape index (κ3) is 3.20. The first-order chi connectivity index (χ1) is 7.29. The molecule has 2 N–H and O–H groups in total. The number of halogens is 1. The zero-order chi connectivity index (χ0) is 10.7. The molecule has 0 heterocycles. The van der Waals surface area contributed by atoms with Crippen molar-refractivity contribution in [2.24, 2.45) is 11.7 Å². The minimum Gasteiger partial charge on any atom is -0.372 e. The summed E-state index contributed by atoms with van der Waals surface area (Å²) in [5.74, 6) is 0.762. The first-order valence-corrected chi connectivity index (χ1v) is 5.74. The second-order valence-corrected chi connectivity index (χ2v) is 4.49. The summed E-state index contributed by atoms with van der Waals surface area (Å²) in [6.07, 6.45) is 2.59. The number of hydrogen-bond acceptors (Lipinski definition) is 2. The largest absolute Gasteiger partial charge is 0.372 e. The predicted molar refractivity (Wildman–Crippen MR) is 61.9 cm³/mol. The maximum atomic E-state index is 5.92. The lowest BCUT2D eigenvalue weighted by atomic mass is 10.1. The molecule has 1 unspecified atom stereocenters. The maximum Gasteiger partial charge on any atom is 0.0947 e. The van der Waals surface area contributed by atoms with Crippen molar-refractivity contribution >= 4 is 11.6 Å². The fourth-order valence-electron chi connectivity index (χ4n) is 1.54. The number of hydrogen-bond donors (Lipinski definition) is 1. The van der Waals surface area contributed by atoms with E-state index < -0.39 is 0 Å². The number of ether oxygens (including phenoxy) is 1. The van der Waals surface area contributed by atoms with Crippen LogP contribution >= 0.6 is 11.6 Å². The fraction of sp³-hybridized carbons (Fsp3) is 0.500. The van der Waals surface area contributed by atoms with E-state index in [1.807, 2.05) is 24.3 Å². The Morgan fingerprint density at radius 2 is 2.27 bits per heavy atom. The standard InChI is InChI=1S/C12H16ClNO/c13-11-3-1-2-10(6-11)12(7-14)15-8-9-4-5-9/h1-3,6,9,12H,4-5,7-8,14H2. The van der Waals surface area contributed by atoms with E-state index in [9.17, 15) is 0 Å². The van der Waals surface area contributed by atoms with E-state index in [-0.39, 0.29) is 6.10 Å². The molecule has 1 aliphatic rings. The van der Waals surface area contributed by atoms with Gasteiger partial charge in [-0.1, -0.05) is 23.7 Å². The van der Waals surface area contributed by atoms with E-state index in [1.165, 1.54) is 12.8 Å². The first kappa shape index (κ1) is 10.9. The van der Waals surface area contributed by atoms with Crippen LogP contribution in [0.15, 0.2) is 24.3 Å². The topological polar surface area (TPSA) is 35.2 Å². The van der Waals surface area contributed by atoms with E-state index >= 15 is 0 Å². The van der Waals surface area contributed by atoms with Gasteiger partial charge < -0.3 is 10.5 Å². The molecule has 0 saturated heterocycles. The average molecular weight is 226 g/mol. The van der Waals surface area contributed by atoms with Gasteiger partial charge in [-0.15, -0.1) is 0 Å². The summed E-state index contributed by atoms with van der Waals surface area (Å²) in [5.41, 5.74) is 6.77. The lowest BCUT2D eigenvalue weighted by molar-refractivity contribution is 0.0510. The lowest BCUT2D eigenvalue weighted by Crippen LogP contribution is -2.17. The van der Waals surface area contributed by atoms with Crippen molar-refractivity contribution in [1.29, 1.82) is 0 Å². The molecule has 0 spiro atoms. The molecule has 1 fully saturated rings. The average Bonchev–Trinajstić information content (AvgIpc) is 3.03. The number of nitrogens with two attached hydrogens (primary N) is 1. The molecule has 82 valence electrons. The highest BCUT2D eigenvalue weighted by Gasteiger charge is 2.23. The van der Waals surface area contributed by atoms with Gasteiger partial charge >= 0.3 is 0 Å². The predicted octanol–water partition coefficient (Wildman–Crippen LogP) is 2.77. The lowest BCUT2D eigenvalue weighted by Gasteiger charge is -2.16. The molecule has 0 amide bonds. The van der Waals surface area contributed by atoms with E-state index in [0.29, 0.717) is 6.54 Å². The summed E-state index contributed by atoms with van der Waals surface area (Å²) in [4.78, 5) is 0. The number of benzene rings is 1. The van der Waals surface area contributed by atoms with Crippen molar-refractivity contribution in [3.8, 4) is 0 Å². The third-order valence-corrected chi connectivity index (χ3v) is 2.90. The summed E-state index contributed by atoms with van der Waals surface area (Å²) in [7, 11) is 0. The van der Waals surface area contributed by atoms with Gasteiger partial charge in [0.1, 0.15) is 0 Å². The molecule has 1 aliphatic carbocycles. The molecule has 1 atom stereocenters. The Hall–Kier alpha value is -0.570. The Labute approximate surface area is 95.4 Å². The van der Waals surface area contributed by atoms with Gasteiger partial charge in [-0.25, -0.2) is 0 Å². The number of rotatable bonds is 5. The van der Waals surface area contributed by atoms with Crippen LogP contribution in [-0.2, 0) is 4.74 Å². The van der Waals surface area contributed by atoms with Crippen molar-refractivity contribution in [3.63, 3.8) is 0 Å². The van der Waals surface area contributed by atoms with Crippen LogP contribution in [0, 0.1) is 5.92 Å². The fourth-order valence-corrected chi connectivity index (χ4v) is 1.74. The van der Waals surface area contributed by atoms with Gasteiger partial charge in [0.2, 0.25) is 0 Å². The SMILES string of the molecule is NCC(OCC1CC1)c1cccc(Cl)c1. The van der Waals surface area contributed by atoms with Crippen LogP contribution < -0.4 is 5.73 Å². The maximum absolute atomic E-state index is 5.92. The molecule has 0 bridgehead atoms. The van der Waals surface area contributed by atoms with Gasteiger partial charge in [-0.2, -0.15) is 0 Å². The van der Waals surface area contributed by atoms with Crippen molar-refractivity contribution in [1.82, 2.24) is 0 Å². The van der Waals surface area contributed by atoms with Crippen LogP contribution in [0.25, 0.3) is 0 Å². The van der Waals surface area contributed by atoms with Crippen LogP contribution in [0.4, 0.5) is 0 Å². The molecular formula is C12H16ClNO. The minimum absolute atomic E-state index is 0.00991. The molecule has 2 rings (SSSR count). The summed E-state index contributed by atoms with van der Waals surface area (Å²) in [6.45, 7) is 1.33. The van der Waals surface area contributed by atoms with E-state index in [2.05, 4.69) is 0 Å². The Balaban J connectivity index is 1.97. The van der Waals surface area contributed by atoms with Crippen LogP contribution in [0.5, 0.6) is 0 Å². The Morgan fingerprint density at radius 1 is 1.47 bits per heavy atom. The molecule has 1 aromatic rings. The normalized spacial score (nSPS) is 17.7. The van der Waals surface area contributed by atoms with E-state index in [1.54, 1.807) is 0 Å². The second-order valence-electron chi connectivity index (χ2n) is 4.06. The Kier molecular flexibility index (Phi) is 3.62. The molecule has 3 heteroatoms. The second kappa shape index (κ2) is 4.97. The monoisotopic (exact) mass is 225 g/mol. The Morgan fingerprint density at radius 3 is 2.87 bits per heavy atom. The summed E-state index contributed by atoms with van der Waals surface area (Å²) in [5, 5.41) is 0.737. The van der Waals surface area contributed by atoms with Crippen LogP contribution in [0.2, 0.25) is 5.02 Å². The molecule has 1 saturated carbocycles. The smallest absolute Gasteiger partial charge is 0.0947 e. The van der Waals surface area contributed by atoms with Gasteiger partial charge in [-0.3, -0.25) is 0 Å². The van der Waals surface area contributed by atoms with Crippen LogP contribution in [0.1, 0.15) is 24.5 Å². The highest BCUT2D eigenvalue weighted by atomic mass is 35.5. The molecule has 0 radical (unpaired) electrons. The molecule has 15 heavy (non-hydrogen) atoms. The van der Waals surface area contributed by atoms with Gasteiger partial charge in [-0.05, 0) is 36.5 Å². The third-order valence-electron chi connectivity index (χ3n) is 2.66. The van der Waals surface area contributed by atoms with Gasteiger partial charge in [0.05, 0.1) is 12.7 Å². The molecule has 2 nitrogen and oxygen atoms in total. The van der Waals surface area contributed by atoms with Crippen molar-refractivity contribution in [3.05, 3.63) is 34.9 Å². The first-order valence-electron chi connectivity index (χ1n) is 5.36. The van der Waals surface area contributed by atoms with E-state index in [0.717, 1.165) is 23.1 Å². The summed E-state index contributed by atoms with van der Waals surface area (Å²) in [6, 6.07) is 7.72. The van der Waals surface area contributed by atoms with Gasteiger partial charge in [0.25, 0.3) is 0 Å². The van der Waals surface area contributed by atoms with Crippen molar-refractivity contribution in [2.45, 2.75) is 18.9 Å². The zero-order valence-corrected chi connectivity index (χ0v) is 9.41.